The molecule has 118 valence electrons. The van der Waals surface area contributed by atoms with Crippen LogP contribution in [0.4, 0.5) is 0 Å². The topological polar surface area (TPSA) is 83.4 Å². The van der Waals surface area contributed by atoms with Crippen LogP contribution in [0.25, 0.3) is 0 Å². The summed E-state index contributed by atoms with van der Waals surface area (Å²) < 4.78 is 0. The van der Waals surface area contributed by atoms with Crippen molar-refractivity contribution < 1.29 is 14.7 Å². The number of aryl methyl sites for hydroxylation is 1. The lowest BCUT2D eigenvalue weighted by Crippen LogP contribution is -2.37. The molecule has 1 atom stereocenters. The van der Waals surface area contributed by atoms with Gasteiger partial charge in [-0.15, -0.1) is 0 Å². The predicted octanol–water partition coefficient (Wildman–Crippen LogP) is 1.53. The van der Waals surface area contributed by atoms with Crippen LogP contribution >= 0.6 is 11.8 Å². The first-order valence-corrected chi connectivity index (χ1v) is 8.09. The summed E-state index contributed by atoms with van der Waals surface area (Å²) in [7, 11) is 0. The van der Waals surface area contributed by atoms with E-state index >= 15 is 0 Å². The fourth-order valence-corrected chi connectivity index (χ4v) is 3.00. The van der Waals surface area contributed by atoms with Crippen molar-refractivity contribution in [1.29, 1.82) is 0 Å². The second kappa shape index (κ2) is 6.47. The maximum absolute atomic E-state index is 12.2. The van der Waals surface area contributed by atoms with Crippen molar-refractivity contribution in [2.75, 3.05) is 12.3 Å². The molecule has 1 aromatic heterocycles. The van der Waals surface area contributed by atoms with E-state index in [2.05, 4.69) is 9.97 Å². The van der Waals surface area contributed by atoms with E-state index in [4.69, 9.17) is 0 Å². The van der Waals surface area contributed by atoms with Gasteiger partial charge in [-0.3, -0.25) is 14.5 Å². The molecule has 1 aromatic carbocycles. The summed E-state index contributed by atoms with van der Waals surface area (Å²) in [6.45, 7) is 1.86. The average molecular weight is 329 g/mol. The highest BCUT2D eigenvalue weighted by atomic mass is 32.2. The first kappa shape index (κ1) is 15.6. The standard InChI is InChI=1S/C16H15N3O3S/c1-10-6-17-16(18-7-10)23-9-11(20)8-19-14(21)12-4-2-3-5-13(12)15(19)22/h2-7,11,20H,8-9H2,1H3/t11-/m0/s1. The molecule has 0 spiro atoms. The van der Waals surface area contributed by atoms with E-state index in [0.717, 1.165) is 10.5 Å². The second-order valence-corrected chi connectivity index (χ2v) is 6.26. The molecule has 0 aliphatic carbocycles. The predicted molar refractivity (Wildman–Crippen MR) is 85.3 cm³/mol. The Morgan fingerprint density at radius 1 is 1.13 bits per heavy atom. The van der Waals surface area contributed by atoms with Gasteiger partial charge in [0.1, 0.15) is 0 Å². The van der Waals surface area contributed by atoms with Gasteiger partial charge in [-0.1, -0.05) is 23.9 Å². The number of hydrogen-bond donors (Lipinski definition) is 1. The van der Waals surface area contributed by atoms with Crippen molar-refractivity contribution in [2.24, 2.45) is 0 Å². The first-order valence-electron chi connectivity index (χ1n) is 7.11. The molecule has 0 saturated carbocycles. The average Bonchev–Trinajstić information content (AvgIpc) is 2.80. The lowest BCUT2D eigenvalue weighted by atomic mass is 10.1. The first-order chi connectivity index (χ1) is 11.1. The maximum atomic E-state index is 12.2. The zero-order valence-corrected chi connectivity index (χ0v) is 13.3. The van der Waals surface area contributed by atoms with Crippen LogP contribution in [0, 0.1) is 6.92 Å². The van der Waals surface area contributed by atoms with Crippen molar-refractivity contribution in [3.63, 3.8) is 0 Å². The molecule has 2 amide bonds. The molecule has 0 fully saturated rings. The van der Waals surface area contributed by atoms with E-state index in [-0.39, 0.29) is 18.4 Å². The summed E-state index contributed by atoms with van der Waals surface area (Å²) in [5.74, 6) is -0.418. The normalized spacial score (nSPS) is 15.0. The number of amides is 2. The van der Waals surface area contributed by atoms with Crippen LogP contribution in [0.1, 0.15) is 26.3 Å². The van der Waals surface area contributed by atoms with Crippen molar-refractivity contribution in [3.05, 3.63) is 53.3 Å². The van der Waals surface area contributed by atoms with E-state index in [1.807, 2.05) is 6.92 Å². The Balaban J connectivity index is 1.60. The highest BCUT2D eigenvalue weighted by molar-refractivity contribution is 7.99. The van der Waals surface area contributed by atoms with Crippen LogP contribution in [0.2, 0.25) is 0 Å². The number of benzene rings is 1. The van der Waals surface area contributed by atoms with Crippen LogP contribution in [0.3, 0.4) is 0 Å². The van der Waals surface area contributed by atoms with Crippen LogP contribution in [-0.4, -0.2) is 50.2 Å². The van der Waals surface area contributed by atoms with E-state index in [1.54, 1.807) is 36.7 Å². The van der Waals surface area contributed by atoms with Crippen LogP contribution in [-0.2, 0) is 0 Å². The van der Waals surface area contributed by atoms with E-state index < -0.39 is 6.10 Å². The molecule has 7 heteroatoms. The van der Waals surface area contributed by atoms with Crippen molar-refractivity contribution in [1.82, 2.24) is 14.9 Å². The largest absolute Gasteiger partial charge is 0.390 e. The Bertz CT molecular complexity index is 713. The van der Waals surface area contributed by atoms with Gasteiger partial charge in [-0.25, -0.2) is 9.97 Å². The van der Waals surface area contributed by atoms with Gasteiger partial charge in [0.15, 0.2) is 5.16 Å². The smallest absolute Gasteiger partial charge is 0.261 e. The number of β-amino-alcohol motifs (C(OH)–C–C–N with tert-alkyl or cyclic N) is 1. The minimum Gasteiger partial charge on any atom is -0.390 e. The third kappa shape index (κ3) is 3.25. The van der Waals surface area contributed by atoms with Gasteiger partial charge in [-0.2, -0.15) is 0 Å². The Morgan fingerprint density at radius 3 is 2.26 bits per heavy atom. The van der Waals surface area contributed by atoms with Crippen LogP contribution in [0.15, 0.2) is 41.8 Å². The fourth-order valence-electron chi connectivity index (χ4n) is 2.29. The zero-order chi connectivity index (χ0) is 16.4. The van der Waals surface area contributed by atoms with Gasteiger partial charge in [0.2, 0.25) is 0 Å². The molecule has 2 heterocycles. The monoisotopic (exact) mass is 329 g/mol. The number of nitrogens with zero attached hydrogens (tertiary/aromatic N) is 3. The minimum atomic E-state index is -0.841. The molecular weight excluding hydrogens is 314 g/mol. The lowest BCUT2D eigenvalue weighted by molar-refractivity contribution is 0.0567. The number of aliphatic hydroxyl groups is 1. The number of carbonyl (C=O) groups excluding carboxylic acids is 2. The summed E-state index contributed by atoms with van der Waals surface area (Å²) in [5.41, 5.74) is 1.74. The zero-order valence-electron chi connectivity index (χ0n) is 12.5. The third-order valence-electron chi connectivity index (χ3n) is 3.43. The van der Waals surface area contributed by atoms with Crippen LogP contribution in [0.5, 0.6) is 0 Å². The van der Waals surface area contributed by atoms with Gasteiger partial charge in [-0.05, 0) is 24.6 Å². The molecule has 23 heavy (non-hydrogen) atoms. The van der Waals surface area contributed by atoms with Crippen molar-refractivity contribution in [2.45, 2.75) is 18.2 Å². The Labute approximate surface area is 137 Å². The van der Waals surface area contributed by atoms with Gasteiger partial charge in [0.05, 0.1) is 23.8 Å². The summed E-state index contributed by atoms with van der Waals surface area (Å²) in [5, 5.41) is 10.7. The van der Waals surface area contributed by atoms with E-state index in [0.29, 0.717) is 22.0 Å². The van der Waals surface area contributed by atoms with E-state index in [1.165, 1.54) is 11.8 Å². The minimum absolute atomic E-state index is 0.0365. The number of hydrogen-bond acceptors (Lipinski definition) is 6. The third-order valence-corrected chi connectivity index (χ3v) is 4.45. The molecule has 3 rings (SSSR count). The molecule has 0 bridgehead atoms. The summed E-state index contributed by atoms with van der Waals surface area (Å²) in [6, 6.07) is 6.68. The van der Waals surface area contributed by atoms with Crippen molar-refractivity contribution >= 4 is 23.6 Å². The molecule has 6 nitrogen and oxygen atoms in total. The molecule has 1 aliphatic heterocycles. The summed E-state index contributed by atoms with van der Waals surface area (Å²) in [4.78, 5) is 33.8. The number of carbonyl (C=O) groups is 2. The molecule has 0 unspecified atom stereocenters. The van der Waals surface area contributed by atoms with Crippen molar-refractivity contribution in [3.8, 4) is 0 Å². The highest BCUT2D eigenvalue weighted by Gasteiger charge is 2.36. The molecular formula is C16H15N3O3S. The second-order valence-electron chi connectivity index (χ2n) is 5.27. The number of thioether (sulfide) groups is 1. The Kier molecular flexibility index (Phi) is 4.40. The summed E-state index contributed by atoms with van der Waals surface area (Å²) in [6.07, 6.45) is 2.56. The molecule has 0 saturated heterocycles. The number of aliphatic hydroxyl groups excluding tert-OH is 1. The van der Waals surface area contributed by atoms with Crippen LogP contribution < -0.4 is 0 Å². The Hall–Kier alpha value is -2.25. The molecule has 2 aromatic rings. The molecule has 1 aliphatic rings. The van der Waals surface area contributed by atoms with Gasteiger partial charge >= 0.3 is 0 Å². The lowest BCUT2D eigenvalue weighted by Gasteiger charge is -2.17. The summed E-state index contributed by atoms with van der Waals surface area (Å²) >= 11 is 1.29. The maximum Gasteiger partial charge on any atom is 0.261 e. The number of imide groups is 1. The Morgan fingerprint density at radius 2 is 1.70 bits per heavy atom. The molecule has 0 radical (unpaired) electrons. The number of rotatable bonds is 5. The van der Waals surface area contributed by atoms with Gasteiger partial charge < -0.3 is 5.11 Å². The fraction of sp³-hybridized carbons (Fsp3) is 0.250. The van der Waals surface area contributed by atoms with Gasteiger partial charge in [0, 0.05) is 18.1 Å². The molecule has 1 N–H and O–H groups in total. The van der Waals surface area contributed by atoms with E-state index in [9.17, 15) is 14.7 Å². The SMILES string of the molecule is Cc1cnc(SC[C@@H](O)CN2C(=O)c3ccccc3C2=O)nc1. The highest BCUT2D eigenvalue weighted by Crippen LogP contribution is 2.23. The van der Waals surface area contributed by atoms with Gasteiger partial charge in [0.25, 0.3) is 11.8 Å². The number of fused-ring (bicyclic) bond motifs is 1. The quantitative estimate of drug-likeness (QED) is 0.509. The number of aromatic nitrogens is 2.